The zero-order chi connectivity index (χ0) is 13.3. The van der Waals surface area contributed by atoms with Gasteiger partial charge < -0.3 is 5.11 Å². The number of hydrogen-bond acceptors (Lipinski definition) is 2. The molecule has 2 rings (SSSR count). The van der Waals surface area contributed by atoms with E-state index in [1.54, 1.807) is 0 Å². The standard InChI is InChI=1S/C14H18INO2/c1-10(11-4-6-12(15)7-5-11)16-9-3-8-14(16,2)13(17)18/h4-7,10H,3,8-9H2,1-2H3,(H,17,18). The van der Waals surface area contributed by atoms with Crippen molar-refractivity contribution in [2.24, 2.45) is 0 Å². The molecule has 1 aromatic carbocycles. The van der Waals surface area contributed by atoms with E-state index in [4.69, 9.17) is 0 Å². The SMILES string of the molecule is CC(c1ccc(I)cc1)N1CCCC1(C)C(=O)O. The van der Waals surface area contributed by atoms with Crippen molar-refractivity contribution >= 4 is 28.6 Å². The van der Waals surface area contributed by atoms with Crippen LogP contribution in [0, 0.1) is 3.57 Å². The second-order valence-electron chi connectivity index (χ2n) is 5.10. The maximum absolute atomic E-state index is 11.5. The van der Waals surface area contributed by atoms with Crippen LogP contribution < -0.4 is 0 Å². The molecule has 1 aliphatic heterocycles. The van der Waals surface area contributed by atoms with E-state index in [0.717, 1.165) is 19.4 Å². The quantitative estimate of drug-likeness (QED) is 0.842. The first-order chi connectivity index (χ1) is 8.45. The van der Waals surface area contributed by atoms with Crippen molar-refractivity contribution in [1.82, 2.24) is 4.90 Å². The first-order valence-corrected chi connectivity index (χ1v) is 7.28. The van der Waals surface area contributed by atoms with Crippen molar-refractivity contribution in [2.45, 2.75) is 38.3 Å². The van der Waals surface area contributed by atoms with Crippen LogP contribution in [-0.4, -0.2) is 28.1 Å². The molecule has 0 radical (unpaired) electrons. The van der Waals surface area contributed by atoms with Gasteiger partial charge in [-0.05, 0) is 73.5 Å². The Kier molecular flexibility index (Phi) is 3.96. The van der Waals surface area contributed by atoms with E-state index in [1.165, 1.54) is 9.13 Å². The lowest BCUT2D eigenvalue weighted by Crippen LogP contribution is -2.48. The van der Waals surface area contributed by atoms with Crippen molar-refractivity contribution in [3.05, 3.63) is 33.4 Å². The largest absolute Gasteiger partial charge is 0.480 e. The van der Waals surface area contributed by atoms with Gasteiger partial charge >= 0.3 is 5.97 Å². The molecule has 2 atom stereocenters. The summed E-state index contributed by atoms with van der Waals surface area (Å²) in [6, 6.07) is 8.46. The van der Waals surface area contributed by atoms with E-state index < -0.39 is 11.5 Å². The number of likely N-dealkylation sites (tertiary alicyclic amines) is 1. The number of carbonyl (C=O) groups is 1. The number of nitrogens with zero attached hydrogens (tertiary/aromatic N) is 1. The van der Waals surface area contributed by atoms with Gasteiger partial charge in [0.2, 0.25) is 0 Å². The highest BCUT2D eigenvalue weighted by Crippen LogP contribution is 2.36. The Morgan fingerprint density at radius 3 is 2.61 bits per heavy atom. The normalized spacial score (nSPS) is 26.2. The number of carboxylic acids is 1. The van der Waals surface area contributed by atoms with Gasteiger partial charge in [0, 0.05) is 9.61 Å². The lowest BCUT2D eigenvalue weighted by atomic mass is 9.96. The lowest BCUT2D eigenvalue weighted by molar-refractivity contribution is -0.149. The minimum absolute atomic E-state index is 0.144. The number of halogens is 1. The monoisotopic (exact) mass is 359 g/mol. The van der Waals surface area contributed by atoms with Gasteiger partial charge in [0.1, 0.15) is 5.54 Å². The molecule has 4 heteroatoms. The molecule has 0 amide bonds. The molecule has 98 valence electrons. The van der Waals surface area contributed by atoms with E-state index in [2.05, 4.69) is 58.7 Å². The molecule has 3 nitrogen and oxygen atoms in total. The Morgan fingerprint density at radius 2 is 2.06 bits per heavy atom. The van der Waals surface area contributed by atoms with Gasteiger partial charge in [-0.3, -0.25) is 9.69 Å². The Hall–Kier alpha value is -0.620. The molecule has 1 aromatic rings. The fourth-order valence-corrected chi connectivity index (χ4v) is 3.12. The number of benzene rings is 1. The molecule has 1 saturated heterocycles. The fourth-order valence-electron chi connectivity index (χ4n) is 2.76. The molecule has 1 heterocycles. The van der Waals surface area contributed by atoms with E-state index >= 15 is 0 Å². The summed E-state index contributed by atoms with van der Waals surface area (Å²) >= 11 is 2.28. The molecule has 1 N–H and O–H groups in total. The number of rotatable bonds is 3. The molecule has 1 fully saturated rings. The molecular formula is C14H18INO2. The zero-order valence-electron chi connectivity index (χ0n) is 10.7. The van der Waals surface area contributed by atoms with Gasteiger partial charge in [-0.1, -0.05) is 12.1 Å². The third-order valence-electron chi connectivity index (χ3n) is 3.98. The third kappa shape index (κ3) is 2.40. The third-order valence-corrected chi connectivity index (χ3v) is 4.70. The molecule has 0 spiro atoms. The average Bonchev–Trinajstić information content (AvgIpc) is 2.73. The van der Waals surface area contributed by atoms with Gasteiger partial charge in [0.05, 0.1) is 0 Å². The van der Waals surface area contributed by atoms with Crippen LogP contribution in [0.1, 0.15) is 38.3 Å². The maximum Gasteiger partial charge on any atom is 0.323 e. The van der Waals surface area contributed by atoms with Crippen molar-refractivity contribution < 1.29 is 9.90 Å². The van der Waals surface area contributed by atoms with Gasteiger partial charge in [0.15, 0.2) is 0 Å². The molecule has 2 unspecified atom stereocenters. The second-order valence-corrected chi connectivity index (χ2v) is 6.35. The van der Waals surface area contributed by atoms with Gasteiger partial charge in [-0.15, -0.1) is 0 Å². The zero-order valence-corrected chi connectivity index (χ0v) is 12.8. The first-order valence-electron chi connectivity index (χ1n) is 6.21. The van der Waals surface area contributed by atoms with E-state index in [0.29, 0.717) is 0 Å². The molecule has 0 bridgehead atoms. The fraction of sp³-hybridized carbons (Fsp3) is 0.500. The number of aliphatic carboxylic acids is 1. The maximum atomic E-state index is 11.5. The summed E-state index contributed by atoms with van der Waals surface area (Å²) in [4.78, 5) is 13.6. The highest BCUT2D eigenvalue weighted by atomic mass is 127. The van der Waals surface area contributed by atoms with Crippen molar-refractivity contribution in [3.8, 4) is 0 Å². The molecular weight excluding hydrogens is 341 g/mol. The smallest absolute Gasteiger partial charge is 0.323 e. The first kappa shape index (κ1) is 13.8. The van der Waals surface area contributed by atoms with Gasteiger partial charge in [-0.2, -0.15) is 0 Å². The van der Waals surface area contributed by atoms with Crippen LogP contribution in [0.25, 0.3) is 0 Å². The summed E-state index contributed by atoms with van der Waals surface area (Å²) in [5.74, 6) is -0.711. The van der Waals surface area contributed by atoms with E-state index in [-0.39, 0.29) is 6.04 Å². The van der Waals surface area contributed by atoms with Gasteiger partial charge in [-0.25, -0.2) is 0 Å². The van der Waals surface area contributed by atoms with Crippen LogP contribution in [0.4, 0.5) is 0 Å². The highest BCUT2D eigenvalue weighted by molar-refractivity contribution is 14.1. The summed E-state index contributed by atoms with van der Waals surface area (Å²) in [5, 5.41) is 9.44. The Balaban J connectivity index is 2.25. The molecule has 1 aliphatic rings. The topological polar surface area (TPSA) is 40.5 Å². The van der Waals surface area contributed by atoms with E-state index in [1.807, 2.05) is 6.92 Å². The molecule has 0 aromatic heterocycles. The van der Waals surface area contributed by atoms with Crippen LogP contribution in [0.15, 0.2) is 24.3 Å². The van der Waals surface area contributed by atoms with Crippen LogP contribution in [0.2, 0.25) is 0 Å². The molecule has 0 aliphatic carbocycles. The summed E-state index contributed by atoms with van der Waals surface area (Å²) in [6.45, 7) is 4.79. The number of carboxylic acid groups (broad SMARTS) is 1. The summed E-state index contributed by atoms with van der Waals surface area (Å²) in [6.07, 6.45) is 1.69. The van der Waals surface area contributed by atoms with Crippen LogP contribution in [0.3, 0.4) is 0 Å². The van der Waals surface area contributed by atoms with Crippen LogP contribution in [0.5, 0.6) is 0 Å². The van der Waals surface area contributed by atoms with Crippen molar-refractivity contribution in [1.29, 1.82) is 0 Å². The van der Waals surface area contributed by atoms with Crippen molar-refractivity contribution in [2.75, 3.05) is 6.54 Å². The Morgan fingerprint density at radius 1 is 1.44 bits per heavy atom. The molecule has 18 heavy (non-hydrogen) atoms. The van der Waals surface area contributed by atoms with Gasteiger partial charge in [0.25, 0.3) is 0 Å². The number of hydrogen-bond donors (Lipinski definition) is 1. The summed E-state index contributed by atoms with van der Waals surface area (Å²) < 4.78 is 1.20. The Labute approximate surface area is 121 Å². The molecule has 0 saturated carbocycles. The lowest BCUT2D eigenvalue weighted by Gasteiger charge is -2.36. The average molecular weight is 359 g/mol. The Bertz CT molecular complexity index is 446. The highest BCUT2D eigenvalue weighted by Gasteiger charge is 2.45. The van der Waals surface area contributed by atoms with E-state index in [9.17, 15) is 9.90 Å². The summed E-state index contributed by atoms with van der Waals surface area (Å²) in [7, 11) is 0. The second kappa shape index (κ2) is 5.17. The minimum atomic E-state index is -0.720. The van der Waals surface area contributed by atoms with Crippen molar-refractivity contribution in [3.63, 3.8) is 0 Å². The predicted molar refractivity (Wildman–Crippen MR) is 79.6 cm³/mol. The summed E-state index contributed by atoms with van der Waals surface area (Å²) in [5.41, 5.74) is 0.465. The minimum Gasteiger partial charge on any atom is -0.480 e. The van der Waals surface area contributed by atoms with Crippen LogP contribution in [-0.2, 0) is 4.79 Å². The van der Waals surface area contributed by atoms with Crippen LogP contribution >= 0.6 is 22.6 Å². The predicted octanol–water partition coefficient (Wildman–Crippen LogP) is 3.29.